The van der Waals surface area contributed by atoms with Crippen LogP contribution in [0, 0.1) is 11.5 Å². The number of hydrogen-bond donors (Lipinski definition) is 2. The van der Waals surface area contributed by atoms with Crippen LogP contribution in [-0.4, -0.2) is 11.7 Å². The van der Waals surface area contributed by atoms with Crippen LogP contribution in [0.3, 0.4) is 0 Å². The van der Waals surface area contributed by atoms with Crippen molar-refractivity contribution < 1.29 is 4.74 Å². The molecule has 0 aromatic heterocycles. The molecular formula is C12H12N4O. The topological polar surface area (TPSA) is 69.4 Å². The lowest BCUT2D eigenvalue weighted by Crippen LogP contribution is -2.58. The van der Waals surface area contributed by atoms with Crippen LogP contribution in [0.15, 0.2) is 29.3 Å². The first-order valence-corrected chi connectivity index (χ1v) is 5.49. The first-order chi connectivity index (χ1) is 8.20. The number of nitrogens with one attached hydrogen (secondary N) is 2. The average Bonchev–Trinajstić information content (AvgIpc) is 2.28. The van der Waals surface area contributed by atoms with Gasteiger partial charge in [0.15, 0.2) is 11.9 Å². The SMILES string of the molecule is C[C@@]12C[C@@H](N=C(NC#N)N1)c1ccccc1O2. The molecule has 5 heteroatoms. The summed E-state index contributed by atoms with van der Waals surface area (Å²) in [5, 5.41) is 14.3. The summed E-state index contributed by atoms with van der Waals surface area (Å²) in [4.78, 5) is 4.47. The van der Waals surface area contributed by atoms with Gasteiger partial charge in [0.2, 0.25) is 5.96 Å². The Morgan fingerprint density at radius 2 is 2.41 bits per heavy atom. The fraction of sp³-hybridized carbons (Fsp3) is 0.333. The quantitative estimate of drug-likeness (QED) is 0.518. The van der Waals surface area contributed by atoms with Crippen LogP contribution >= 0.6 is 0 Å². The van der Waals surface area contributed by atoms with E-state index in [-0.39, 0.29) is 6.04 Å². The Kier molecular flexibility index (Phi) is 1.99. The molecule has 2 aliphatic rings. The zero-order chi connectivity index (χ0) is 11.9. The Morgan fingerprint density at radius 3 is 3.24 bits per heavy atom. The van der Waals surface area contributed by atoms with E-state index in [9.17, 15) is 0 Å². The van der Waals surface area contributed by atoms with Gasteiger partial charge in [-0.05, 0) is 13.0 Å². The highest BCUT2D eigenvalue weighted by Gasteiger charge is 2.41. The zero-order valence-corrected chi connectivity index (χ0v) is 9.40. The van der Waals surface area contributed by atoms with E-state index in [4.69, 9.17) is 10.00 Å². The summed E-state index contributed by atoms with van der Waals surface area (Å²) >= 11 is 0. The molecule has 2 bridgehead atoms. The Morgan fingerprint density at radius 1 is 1.59 bits per heavy atom. The highest BCUT2D eigenvalue weighted by Crippen LogP contribution is 2.42. The minimum atomic E-state index is -0.500. The van der Waals surface area contributed by atoms with Gasteiger partial charge in [0.1, 0.15) is 5.75 Å². The number of guanidine groups is 1. The smallest absolute Gasteiger partial charge is 0.208 e. The van der Waals surface area contributed by atoms with Crippen LogP contribution in [0.2, 0.25) is 0 Å². The molecule has 0 aliphatic carbocycles. The number of nitriles is 1. The van der Waals surface area contributed by atoms with Crippen molar-refractivity contribution in [1.82, 2.24) is 10.6 Å². The zero-order valence-electron chi connectivity index (χ0n) is 9.40. The van der Waals surface area contributed by atoms with Gasteiger partial charge in [-0.3, -0.25) is 5.32 Å². The number of nitrogens with zero attached hydrogens (tertiary/aromatic N) is 2. The lowest BCUT2D eigenvalue weighted by Gasteiger charge is -2.42. The van der Waals surface area contributed by atoms with Crippen LogP contribution in [0.5, 0.6) is 5.75 Å². The van der Waals surface area contributed by atoms with Crippen molar-refractivity contribution in [2.45, 2.75) is 25.1 Å². The number of ether oxygens (including phenoxy) is 1. The van der Waals surface area contributed by atoms with Crippen molar-refractivity contribution in [3.05, 3.63) is 29.8 Å². The van der Waals surface area contributed by atoms with Crippen molar-refractivity contribution in [2.24, 2.45) is 4.99 Å². The Balaban J connectivity index is 2.06. The molecule has 86 valence electrons. The van der Waals surface area contributed by atoms with Crippen molar-refractivity contribution in [3.8, 4) is 11.9 Å². The Bertz CT molecular complexity index is 534. The summed E-state index contributed by atoms with van der Waals surface area (Å²) in [7, 11) is 0. The number of fused-ring (bicyclic) bond motifs is 4. The predicted molar refractivity (Wildman–Crippen MR) is 62.2 cm³/mol. The molecule has 1 aromatic carbocycles. The van der Waals surface area contributed by atoms with Crippen LogP contribution in [0.4, 0.5) is 0 Å². The fourth-order valence-electron chi connectivity index (χ4n) is 2.36. The van der Waals surface area contributed by atoms with Gasteiger partial charge in [-0.15, -0.1) is 0 Å². The minimum absolute atomic E-state index is 0.0436. The van der Waals surface area contributed by atoms with E-state index in [0.717, 1.165) is 17.7 Å². The number of hydrogen-bond acceptors (Lipinski definition) is 5. The van der Waals surface area contributed by atoms with Gasteiger partial charge in [0, 0.05) is 12.0 Å². The third-order valence-corrected chi connectivity index (χ3v) is 3.04. The van der Waals surface area contributed by atoms with Gasteiger partial charge in [-0.2, -0.15) is 5.26 Å². The van der Waals surface area contributed by atoms with Crippen LogP contribution < -0.4 is 15.4 Å². The highest BCUT2D eigenvalue weighted by molar-refractivity contribution is 5.83. The fourth-order valence-corrected chi connectivity index (χ4v) is 2.36. The van der Waals surface area contributed by atoms with Gasteiger partial charge in [0.25, 0.3) is 0 Å². The van der Waals surface area contributed by atoms with Gasteiger partial charge in [0.05, 0.1) is 6.04 Å². The summed E-state index contributed by atoms with van der Waals surface area (Å²) in [6, 6.07) is 7.92. The molecule has 0 unspecified atom stereocenters. The van der Waals surface area contributed by atoms with E-state index in [1.165, 1.54) is 0 Å². The lowest BCUT2D eigenvalue weighted by atomic mass is 9.93. The molecule has 2 atom stereocenters. The normalized spacial score (nSPS) is 28.9. The van der Waals surface area contributed by atoms with Gasteiger partial charge < -0.3 is 10.1 Å². The van der Waals surface area contributed by atoms with Crippen LogP contribution in [0.25, 0.3) is 0 Å². The minimum Gasteiger partial charge on any atom is -0.468 e. The molecule has 0 fully saturated rings. The van der Waals surface area contributed by atoms with Gasteiger partial charge >= 0.3 is 0 Å². The molecule has 0 saturated carbocycles. The number of rotatable bonds is 0. The molecule has 17 heavy (non-hydrogen) atoms. The van der Waals surface area contributed by atoms with Gasteiger partial charge in [-0.1, -0.05) is 18.2 Å². The average molecular weight is 228 g/mol. The van der Waals surface area contributed by atoms with E-state index >= 15 is 0 Å². The first-order valence-electron chi connectivity index (χ1n) is 5.49. The molecule has 2 aliphatic heterocycles. The van der Waals surface area contributed by atoms with Crippen LogP contribution in [-0.2, 0) is 0 Å². The summed E-state index contributed by atoms with van der Waals surface area (Å²) in [5.41, 5.74) is 0.573. The van der Waals surface area contributed by atoms with E-state index in [2.05, 4.69) is 15.6 Å². The van der Waals surface area contributed by atoms with Crippen molar-refractivity contribution in [2.75, 3.05) is 0 Å². The molecule has 0 spiro atoms. The second-order valence-electron chi connectivity index (χ2n) is 4.43. The molecule has 2 N–H and O–H groups in total. The largest absolute Gasteiger partial charge is 0.468 e. The third-order valence-electron chi connectivity index (χ3n) is 3.04. The Labute approximate surface area is 99.1 Å². The molecule has 5 nitrogen and oxygen atoms in total. The summed E-state index contributed by atoms with van der Waals surface area (Å²) in [6.45, 7) is 1.96. The van der Waals surface area contributed by atoms with E-state index in [1.807, 2.05) is 37.4 Å². The van der Waals surface area contributed by atoms with E-state index in [1.54, 1.807) is 0 Å². The molecule has 0 amide bonds. The molecule has 0 radical (unpaired) electrons. The van der Waals surface area contributed by atoms with E-state index < -0.39 is 5.72 Å². The summed E-state index contributed by atoms with van der Waals surface area (Å²) in [6.07, 6.45) is 2.63. The van der Waals surface area contributed by atoms with Crippen molar-refractivity contribution >= 4 is 5.96 Å². The molecule has 2 heterocycles. The number of benzene rings is 1. The second-order valence-corrected chi connectivity index (χ2v) is 4.43. The first kappa shape index (κ1) is 9.97. The maximum atomic E-state index is 8.64. The molecule has 0 saturated heterocycles. The molecule has 3 rings (SSSR count). The third kappa shape index (κ3) is 1.58. The van der Waals surface area contributed by atoms with E-state index in [0.29, 0.717) is 5.96 Å². The maximum absolute atomic E-state index is 8.64. The summed E-state index contributed by atoms with van der Waals surface area (Å²) < 4.78 is 5.93. The second kappa shape index (κ2) is 3.39. The number of aliphatic imine (C=N–C) groups is 1. The molecular weight excluding hydrogens is 216 g/mol. The monoisotopic (exact) mass is 228 g/mol. The number of para-hydroxylation sites is 1. The van der Waals surface area contributed by atoms with Crippen molar-refractivity contribution in [1.29, 1.82) is 5.26 Å². The predicted octanol–water partition coefficient (Wildman–Crippen LogP) is 1.26. The lowest BCUT2D eigenvalue weighted by molar-refractivity contribution is 0.0317. The summed E-state index contributed by atoms with van der Waals surface area (Å²) in [5.74, 6) is 1.33. The molecule has 1 aromatic rings. The van der Waals surface area contributed by atoms with Crippen LogP contribution in [0.1, 0.15) is 24.9 Å². The highest BCUT2D eigenvalue weighted by atomic mass is 16.5. The Hall–Kier alpha value is -2.22. The standard InChI is InChI=1S/C12H12N4O/c1-12-6-9(15-11(16-12)14-7-13)8-4-2-3-5-10(8)17-12/h2-5,9H,6H2,1H3,(H2,14,15,16)/t9-,12-/m1/s1. The van der Waals surface area contributed by atoms with Crippen molar-refractivity contribution in [3.63, 3.8) is 0 Å². The maximum Gasteiger partial charge on any atom is 0.208 e. The van der Waals surface area contributed by atoms with Gasteiger partial charge in [-0.25, -0.2) is 4.99 Å².